The standard InChI is InChI=1S/C21H20FNO2S/c1-16(15-23-26(24,25)19-7-3-2-4-8-19)17-11-13-18(14-12-17)20-9-5-6-10-21(20)22/h2-14,16,23H,15H2,1H3. The SMILES string of the molecule is CC(CNS(=O)(=O)c1ccccc1)c1ccc(-c2ccccc2F)cc1. The van der Waals surface area contributed by atoms with E-state index in [1.54, 1.807) is 48.5 Å². The lowest BCUT2D eigenvalue weighted by Crippen LogP contribution is -2.27. The van der Waals surface area contributed by atoms with Gasteiger partial charge in [-0.2, -0.15) is 0 Å². The van der Waals surface area contributed by atoms with Gasteiger partial charge in [-0.05, 0) is 35.2 Å². The molecule has 0 radical (unpaired) electrons. The minimum atomic E-state index is -3.52. The molecule has 0 aliphatic heterocycles. The van der Waals surface area contributed by atoms with Gasteiger partial charge in [-0.1, -0.05) is 67.6 Å². The van der Waals surface area contributed by atoms with Gasteiger partial charge in [0.1, 0.15) is 5.82 Å². The number of hydrogen-bond donors (Lipinski definition) is 1. The first-order valence-corrected chi connectivity index (χ1v) is 9.85. The summed E-state index contributed by atoms with van der Waals surface area (Å²) in [6.07, 6.45) is 0. The summed E-state index contributed by atoms with van der Waals surface area (Å²) in [6.45, 7) is 2.24. The lowest BCUT2D eigenvalue weighted by atomic mass is 9.97. The zero-order valence-corrected chi connectivity index (χ0v) is 15.2. The summed E-state index contributed by atoms with van der Waals surface area (Å²) in [4.78, 5) is 0.252. The molecule has 26 heavy (non-hydrogen) atoms. The van der Waals surface area contributed by atoms with Crippen molar-refractivity contribution >= 4 is 10.0 Å². The molecule has 0 heterocycles. The van der Waals surface area contributed by atoms with E-state index >= 15 is 0 Å². The molecule has 1 N–H and O–H groups in total. The van der Waals surface area contributed by atoms with Crippen LogP contribution in [-0.2, 0) is 10.0 Å². The first-order valence-electron chi connectivity index (χ1n) is 8.37. The van der Waals surface area contributed by atoms with Crippen molar-refractivity contribution in [1.29, 1.82) is 0 Å². The summed E-state index contributed by atoms with van der Waals surface area (Å²) in [6, 6.07) is 22.5. The molecule has 1 atom stereocenters. The Bertz CT molecular complexity index is 970. The molecule has 3 rings (SSSR count). The number of halogens is 1. The molecule has 0 fully saturated rings. The normalized spacial score (nSPS) is 12.7. The summed E-state index contributed by atoms with van der Waals surface area (Å²) < 4.78 is 41.1. The number of benzene rings is 3. The minimum Gasteiger partial charge on any atom is -0.211 e. The molecule has 3 nitrogen and oxygen atoms in total. The third kappa shape index (κ3) is 4.18. The first kappa shape index (κ1) is 18.3. The highest BCUT2D eigenvalue weighted by atomic mass is 32.2. The van der Waals surface area contributed by atoms with Gasteiger partial charge < -0.3 is 0 Å². The van der Waals surface area contributed by atoms with Crippen LogP contribution in [0.25, 0.3) is 11.1 Å². The second-order valence-corrected chi connectivity index (χ2v) is 7.93. The Kier molecular flexibility index (Phi) is 5.49. The van der Waals surface area contributed by atoms with Crippen LogP contribution in [-0.4, -0.2) is 15.0 Å². The first-order chi connectivity index (χ1) is 12.5. The van der Waals surface area contributed by atoms with Gasteiger partial charge in [0.25, 0.3) is 0 Å². The van der Waals surface area contributed by atoms with E-state index in [0.29, 0.717) is 5.56 Å². The van der Waals surface area contributed by atoms with Crippen molar-refractivity contribution in [1.82, 2.24) is 4.72 Å². The molecule has 0 spiro atoms. The monoisotopic (exact) mass is 369 g/mol. The summed E-state index contributed by atoms with van der Waals surface area (Å²) in [5.41, 5.74) is 2.33. The molecule has 0 saturated carbocycles. The molecule has 0 aliphatic carbocycles. The van der Waals surface area contributed by atoms with E-state index in [4.69, 9.17) is 0 Å². The largest absolute Gasteiger partial charge is 0.240 e. The van der Waals surface area contributed by atoms with Crippen molar-refractivity contribution in [2.24, 2.45) is 0 Å². The Labute approximate surface area is 153 Å². The highest BCUT2D eigenvalue weighted by molar-refractivity contribution is 7.89. The zero-order chi connectivity index (χ0) is 18.6. The van der Waals surface area contributed by atoms with E-state index in [9.17, 15) is 12.8 Å². The second kappa shape index (κ2) is 7.81. The van der Waals surface area contributed by atoms with E-state index in [-0.39, 0.29) is 23.2 Å². The lowest BCUT2D eigenvalue weighted by Gasteiger charge is -2.14. The fourth-order valence-corrected chi connectivity index (χ4v) is 3.87. The van der Waals surface area contributed by atoms with Gasteiger partial charge in [-0.25, -0.2) is 17.5 Å². The maximum absolute atomic E-state index is 13.9. The van der Waals surface area contributed by atoms with Crippen LogP contribution in [0.5, 0.6) is 0 Å². The molecule has 134 valence electrons. The van der Waals surface area contributed by atoms with Crippen molar-refractivity contribution in [2.45, 2.75) is 17.7 Å². The van der Waals surface area contributed by atoms with E-state index in [1.807, 2.05) is 31.2 Å². The van der Waals surface area contributed by atoms with Gasteiger partial charge >= 0.3 is 0 Å². The van der Waals surface area contributed by atoms with E-state index in [2.05, 4.69) is 4.72 Å². The molecular formula is C21H20FNO2S. The van der Waals surface area contributed by atoms with Crippen molar-refractivity contribution in [3.63, 3.8) is 0 Å². The second-order valence-electron chi connectivity index (χ2n) is 6.17. The molecule has 0 bridgehead atoms. The number of nitrogens with one attached hydrogen (secondary N) is 1. The van der Waals surface area contributed by atoms with Crippen molar-refractivity contribution in [3.8, 4) is 11.1 Å². The fourth-order valence-electron chi connectivity index (χ4n) is 2.72. The van der Waals surface area contributed by atoms with Gasteiger partial charge in [-0.15, -0.1) is 0 Å². The van der Waals surface area contributed by atoms with Crippen LogP contribution in [0.3, 0.4) is 0 Å². The van der Waals surface area contributed by atoms with Crippen LogP contribution in [0.2, 0.25) is 0 Å². The van der Waals surface area contributed by atoms with Crippen molar-refractivity contribution < 1.29 is 12.8 Å². The van der Waals surface area contributed by atoms with E-state index in [0.717, 1.165) is 11.1 Å². The number of rotatable bonds is 6. The van der Waals surface area contributed by atoms with Crippen LogP contribution in [0, 0.1) is 5.82 Å². The number of sulfonamides is 1. The molecule has 3 aromatic carbocycles. The van der Waals surface area contributed by atoms with Gasteiger partial charge in [0.15, 0.2) is 0 Å². The Morgan fingerprint density at radius 1 is 0.885 bits per heavy atom. The Balaban J connectivity index is 1.69. The predicted octanol–water partition coefficient (Wildman–Crippen LogP) is 4.57. The van der Waals surface area contributed by atoms with Crippen LogP contribution >= 0.6 is 0 Å². The highest BCUT2D eigenvalue weighted by Gasteiger charge is 2.15. The third-order valence-electron chi connectivity index (χ3n) is 4.30. The average molecular weight is 369 g/mol. The smallest absolute Gasteiger partial charge is 0.211 e. The molecule has 0 amide bonds. The van der Waals surface area contributed by atoms with Crippen LogP contribution in [0.1, 0.15) is 18.4 Å². The quantitative estimate of drug-likeness (QED) is 0.692. The van der Waals surface area contributed by atoms with Gasteiger partial charge in [0, 0.05) is 12.1 Å². The number of hydrogen-bond acceptors (Lipinski definition) is 2. The molecule has 3 aromatic rings. The van der Waals surface area contributed by atoms with Crippen LogP contribution in [0.15, 0.2) is 83.8 Å². The van der Waals surface area contributed by atoms with Crippen LogP contribution in [0.4, 0.5) is 4.39 Å². The summed E-state index contributed by atoms with van der Waals surface area (Å²) in [5, 5.41) is 0. The Hall–Kier alpha value is -2.50. The maximum Gasteiger partial charge on any atom is 0.240 e. The average Bonchev–Trinajstić information content (AvgIpc) is 2.67. The van der Waals surface area contributed by atoms with E-state index < -0.39 is 10.0 Å². The van der Waals surface area contributed by atoms with Crippen LogP contribution < -0.4 is 4.72 Å². The van der Waals surface area contributed by atoms with Gasteiger partial charge in [0.05, 0.1) is 4.90 Å². The highest BCUT2D eigenvalue weighted by Crippen LogP contribution is 2.25. The van der Waals surface area contributed by atoms with Gasteiger partial charge in [0.2, 0.25) is 10.0 Å². The topological polar surface area (TPSA) is 46.2 Å². The van der Waals surface area contributed by atoms with Gasteiger partial charge in [-0.3, -0.25) is 0 Å². The third-order valence-corrected chi connectivity index (χ3v) is 5.74. The summed E-state index contributed by atoms with van der Waals surface area (Å²) in [7, 11) is -3.52. The lowest BCUT2D eigenvalue weighted by molar-refractivity contribution is 0.575. The molecule has 5 heteroatoms. The minimum absolute atomic E-state index is 0.0110. The summed E-state index contributed by atoms with van der Waals surface area (Å²) >= 11 is 0. The fraction of sp³-hybridized carbons (Fsp3) is 0.143. The molecule has 1 unspecified atom stereocenters. The predicted molar refractivity (Wildman–Crippen MR) is 102 cm³/mol. The Morgan fingerprint density at radius 2 is 1.50 bits per heavy atom. The molecule has 0 aromatic heterocycles. The zero-order valence-electron chi connectivity index (χ0n) is 14.4. The Morgan fingerprint density at radius 3 is 2.15 bits per heavy atom. The molecular weight excluding hydrogens is 349 g/mol. The molecule has 0 saturated heterocycles. The molecule has 0 aliphatic rings. The maximum atomic E-state index is 13.9. The van der Waals surface area contributed by atoms with E-state index in [1.165, 1.54) is 6.07 Å². The van der Waals surface area contributed by atoms with Crippen molar-refractivity contribution in [2.75, 3.05) is 6.54 Å². The van der Waals surface area contributed by atoms with Crippen molar-refractivity contribution in [3.05, 3.63) is 90.2 Å². The summed E-state index contributed by atoms with van der Waals surface area (Å²) in [5.74, 6) is -0.271.